The number of nitrogens with one attached hydrogen (secondary N) is 1. The third kappa shape index (κ3) is 5.35. The van der Waals surface area contributed by atoms with E-state index >= 15 is 0 Å². The topological polar surface area (TPSA) is 72.9 Å². The molecule has 2 aromatic rings. The van der Waals surface area contributed by atoms with Crippen molar-refractivity contribution in [3.63, 3.8) is 0 Å². The fourth-order valence-electron chi connectivity index (χ4n) is 4.05. The zero-order valence-electron chi connectivity index (χ0n) is 16.6. The lowest BCUT2D eigenvalue weighted by Gasteiger charge is -2.44. The fourth-order valence-corrected chi connectivity index (χ4v) is 4.26. The number of carbonyl (C=O) groups is 2. The van der Waals surface area contributed by atoms with Crippen LogP contribution in [0.3, 0.4) is 0 Å². The Morgan fingerprint density at radius 3 is 2.31 bits per heavy atom. The average molecular weight is 416 g/mol. The Balaban J connectivity index is 1.60. The van der Waals surface area contributed by atoms with Crippen molar-refractivity contribution in [1.82, 2.24) is 15.3 Å². The van der Waals surface area contributed by atoms with Crippen LogP contribution in [-0.2, 0) is 17.8 Å². The first-order valence-electron chi connectivity index (χ1n) is 9.68. The second-order valence-corrected chi connectivity index (χ2v) is 8.07. The van der Waals surface area contributed by atoms with Gasteiger partial charge in [0.2, 0.25) is 5.91 Å². The van der Waals surface area contributed by atoms with Gasteiger partial charge in [-0.1, -0.05) is 35.9 Å². The SMILES string of the molecule is CC1CN(Cc2ccc(C(=O)NO)cc2)CC(C)N1C(=O)Cc1cccc(Cl)c1. The van der Waals surface area contributed by atoms with Crippen molar-refractivity contribution in [2.45, 2.75) is 38.9 Å². The van der Waals surface area contributed by atoms with Crippen LogP contribution in [-0.4, -0.2) is 52.0 Å². The lowest BCUT2D eigenvalue weighted by molar-refractivity contribution is -0.138. The number of carbonyl (C=O) groups excluding carboxylic acids is 2. The molecule has 0 aromatic heterocycles. The zero-order chi connectivity index (χ0) is 21.0. The number of hydrogen-bond acceptors (Lipinski definition) is 4. The molecular weight excluding hydrogens is 390 g/mol. The van der Waals surface area contributed by atoms with Gasteiger partial charge in [-0.15, -0.1) is 0 Å². The third-order valence-electron chi connectivity index (χ3n) is 5.25. The van der Waals surface area contributed by atoms with Gasteiger partial charge in [0.05, 0.1) is 6.42 Å². The standard InChI is InChI=1S/C22H26ClN3O3/c1-15-12-25(14-17-6-8-19(9-7-17)22(28)24-29)13-16(2)26(15)21(27)11-18-4-3-5-20(23)10-18/h3-10,15-16,29H,11-14H2,1-2H3,(H,24,28). The Morgan fingerprint density at radius 2 is 1.72 bits per heavy atom. The van der Waals surface area contributed by atoms with Crippen LogP contribution in [0.1, 0.15) is 35.3 Å². The van der Waals surface area contributed by atoms with E-state index in [1.807, 2.05) is 41.3 Å². The van der Waals surface area contributed by atoms with Crippen molar-refractivity contribution in [1.29, 1.82) is 0 Å². The van der Waals surface area contributed by atoms with Crippen LogP contribution < -0.4 is 5.48 Å². The molecule has 0 saturated carbocycles. The molecule has 154 valence electrons. The Kier molecular flexibility index (Phi) is 6.90. The van der Waals surface area contributed by atoms with Gasteiger partial charge in [-0.25, -0.2) is 5.48 Å². The maximum atomic E-state index is 12.9. The van der Waals surface area contributed by atoms with E-state index in [1.54, 1.807) is 17.6 Å². The number of amides is 2. The first-order valence-corrected chi connectivity index (χ1v) is 10.1. The van der Waals surface area contributed by atoms with E-state index in [2.05, 4.69) is 18.7 Å². The van der Waals surface area contributed by atoms with Crippen molar-refractivity contribution < 1.29 is 14.8 Å². The van der Waals surface area contributed by atoms with Crippen molar-refractivity contribution in [3.05, 3.63) is 70.2 Å². The van der Waals surface area contributed by atoms with Gasteiger partial charge in [0.1, 0.15) is 0 Å². The molecule has 3 rings (SSSR count). The number of benzene rings is 2. The summed E-state index contributed by atoms with van der Waals surface area (Å²) in [5.41, 5.74) is 4.06. The van der Waals surface area contributed by atoms with Crippen molar-refractivity contribution in [2.75, 3.05) is 13.1 Å². The molecule has 29 heavy (non-hydrogen) atoms. The quantitative estimate of drug-likeness (QED) is 0.581. The molecule has 2 atom stereocenters. The maximum Gasteiger partial charge on any atom is 0.274 e. The van der Waals surface area contributed by atoms with E-state index in [0.29, 0.717) is 17.0 Å². The van der Waals surface area contributed by atoms with Crippen LogP contribution in [0.2, 0.25) is 5.02 Å². The molecule has 2 aromatic carbocycles. The van der Waals surface area contributed by atoms with Crippen LogP contribution in [0, 0.1) is 0 Å². The van der Waals surface area contributed by atoms with Crippen molar-refractivity contribution in [3.8, 4) is 0 Å². The average Bonchev–Trinajstić information content (AvgIpc) is 2.67. The van der Waals surface area contributed by atoms with Crippen LogP contribution in [0.15, 0.2) is 48.5 Å². The molecule has 6 nitrogen and oxygen atoms in total. The van der Waals surface area contributed by atoms with Crippen LogP contribution in [0.5, 0.6) is 0 Å². The van der Waals surface area contributed by atoms with Crippen molar-refractivity contribution in [2.24, 2.45) is 0 Å². The van der Waals surface area contributed by atoms with E-state index in [9.17, 15) is 9.59 Å². The van der Waals surface area contributed by atoms with E-state index in [1.165, 1.54) is 0 Å². The Morgan fingerprint density at radius 1 is 1.07 bits per heavy atom. The Labute approximate surface area is 176 Å². The first-order chi connectivity index (χ1) is 13.9. The van der Waals surface area contributed by atoms with Crippen LogP contribution in [0.4, 0.5) is 0 Å². The summed E-state index contributed by atoms with van der Waals surface area (Å²) in [5.74, 6) is -0.406. The highest BCUT2D eigenvalue weighted by molar-refractivity contribution is 6.30. The monoisotopic (exact) mass is 415 g/mol. The van der Waals surface area contributed by atoms with Gasteiger partial charge in [-0.2, -0.15) is 0 Å². The smallest absolute Gasteiger partial charge is 0.274 e. The molecule has 0 spiro atoms. The highest BCUT2D eigenvalue weighted by Gasteiger charge is 2.32. The number of halogens is 1. The number of piperazine rings is 1. The molecule has 0 bridgehead atoms. The predicted molar refractivity (Wildman–Crippen MR) is 112 cm³/mol. The second-order valence-electron chi connectivity index (χ2n) is 7.64. The summed E-state index contributed by atoms with van der Waals surface area (Å²) in [5, 5.41) is 9.35. The molecule has 2 amide bonds. The molecule has 0 radical (unpaired) electrons. The molecule has 1 aliphatic heterocycles. The van der Waals surface area contributed by atoms with Gasteiger partial charge in [0.25, 0.3) is 5.91 Å². The minimum atomic E-state index is -0.523. The van der Waals surface area contributed by atoms with Crippen molar-refractivity contribution >= 4 is 23.4 Å². The predicted octanol–water partition coefficient (Wildman–Crippen LogP) is 3.12. The Hall–Kier alpha value is -2.41. The summed E-state index contributed by atoms with van der Waals surface area (Å²) in [4.78, 5) is 28.6. The summed E-state index contributed by atoms with van der Waals surface area (Å²) in [6, 6.07) is 14.8. The molecular formula is C22H26ClN3O3. The zero-order valence-corrected chi connectivity index (χ0v) is 17.4. The number of rotatable bonds is 5. The van der Waals surface area contributed by atoms with Gasteiger partial charge in [0.15, 0.2) is 0 Å². The van der Waals surface area contributed by atoms with Gasteiger partial charge in [-0.3, -0.25) is 19.7 Å². The number of nitrogens with zero attached hydrogens (tertiary/aromatic N) is 2. The molecule has 1 saturated heterocycles. The first kappa shape index (κ1) is 21.3. The molecule has 2 N–H and O–H groups in total. The summed E-state index contributed by atoms with van der Waals surface area (Å²) in [6.07, 6.45) is 0.351. The normalized spacial score (nSPS) is 19.8. The molecule has 1 fully saturated rings. The minimum Gasteiger partial charge on any atom is -0.334 e. The lowest BCUT2D eigenvalue weighted by Crippen LogP contribution is -2.58. The largest absolute Gasteiger partial charge is 0.334 e. The third-order valence-corrected chi connectivity index (χ3v) is 5.49. The van der Waals surface area contributed by atoms with Gasteiger partial charge in [-0.05, 0) is 49.2 Å². The Bertz CT molecular complexity index is 860. The fraction of sp³-hybridized carbons (Fsp3) is 0.364. The van der Waals surface area contributed by atoms with E-state index in [-0.39, 0.29) is 18.0 Å². The van der Waals surface area contributed by atoms with Gasteiger partial charge < -0.3 is 4.90 Å². The summed E-state index contributed by atoms with van der Waals surface area (Å²) < 4.78 is 0. The number of hydroxylamine groups is 1. The molecule has 2 unspecified atom stereocenters. The van der Waals surface area contributed by atoms with Crippen LogP contribution >= 0.6 is 11.6 Å². The minimum absolute atomic E-state index is 0.102. The summed E-state index contributed by atoms with van der Waals surface area (Å²) >= 11 is 6.04. The molecule has 0 aliphatic carbocycles. The van der Waals surface area contributed by atoms with E-state index < -0.39 is 5.91 Å². The van der Waals surface area contributed by atoms with E-state index in [0.717, 1.165) is 30.8 Å². The highest BCUT2D eigenvalue weighted by Crippen LogP contribution is 2.20. The molecule has 1 heterocycles. The lowest BCUT2D eigenvalue weighted by atomic mass is 10.0. The molecule has 7 heteroatoms. The molecule has 1 aliphatic rings. The summed E-state index contributed by atoms with van der Waals surface area (Å²) in [7, 11) is 0. The van der Waals surface area contributed by atoms with Gasteiger partial charge in [0, 0.05) is 42.3 Å². The van der Waals surface area contributed by atoms with Crippen LogP contribution in [0.25, 0.3) is 0 Å². The highest BCUT2D eigenvalue weighted by atomic mass is 35.5. The summed E-state index contributed by atoms with van der Waals surface area (Å²) in [6.45, 7) is 6.46. The van der Waals surface area contributed by atoms with E-state index in [4.69, 9.17) is 16.8 Å². The second kappa shape index (κ2) is 9.39. The number of hydrogen-bond donors (Lipinski definition) is 2. The van der Waals surface area contributed by atoms with Gasteiger partial charge >= 0.3 is 0 Å². The maximum absolute atomic E-state index is 12.9.